The van der Waals surface area contributed by atoms with Crippen LogP contribution in [0.15, 0.2) is 58.1 Å². The van der Waals surface area contributed by atoms with E-state index in [0.717, 1.165) is 18.5 Å². The van der Waals surface area contributed by atoms with Gasteiger partial charge in [0.25, 0.3) is 11.1 Å². The Morgan fingerprint density at radius 2 is 1.76 bits per heavy atom. The van der Waals surface area contributed by atoms with E-state index in [1.165, 1.54) is 21.5 Å². The van der Waals surface area contributed by atoms with Crippen LogP contribution in [0.5, 0.6) is 0 Å². The van der Waals surface area contributed by atoms with Gasteiger partial charge in [-0.3, -0.25) is 14.4 Å². The van der Waals surface area contributed by atoms with Crippen molar-refractivity contribution in [2.24, 2.45) is 7.05 Å². The van der Waals surface area contributed by atoms with Gasteiger partial charge in [0.2, 0.25) is 5.91 Å². The maximum atomic E-state index is 12.9. The summed E-state index contributed by atoms with van der Waals surface area (Å²) >= 11 is 0. The minimum absolute atomic E-state index is 0.218. The first-order valence-corrected chi connectivity index (χ1v) is 9.48. The molecule has 4 rings (SSSR count). The van der Waals surface area contributed by atoms with E-state index in [0.29, 0.717) is 22.9 Å². The summed E-state index contributed by atoms with van der Waals surface area (Å²) in [5, 5.41) is 11.5. The SMILES string of the molecule is C[C@H](C(=O)Nc1ccccc1-c1ccc(=O)n(C)n1)n1nc(C2CC2)ccc1=O. The number of aromatic nitrogens is 4. The predicted octanol–water partition coefficient (Wildman–Crippen LogP) is 2.08. The molecule has 0 aliphatic heterocycles. The van der Waals surface area contributed by atoms with Crippen LogP contribution < -0.4 is 16.4 Å². The summed E-state index contributed by atoms with van der Waals surface area (Å²) in [4.78, 5) is 36.7. The second-order valence-electron chi connectivity index (χ2n) is 7.21. The molecule has 1 amide bonds. The quantitative estimate of drug-likeness (QED) is 0.718. The Morgan fingerprint density at radius 3 is 2.48 bits per heavy atom. The fourth-order valence-electron chi connectivity index (χ4n) is 3.12. The number of nitrogens with one attached hydrogen (secondary N) is 1. The second-order valence-corrected chi connectivity index (χ2v) is 7.21. The van der Waals surface area contributed by atoms with Crippen molar-refractivity contribution < 1.29 is 4.79 Å². The van der Waals surface area contributed by atoms with E-state index in [9.17, 15) is 14.4 Å². The molecule has 29 heavy (non-hydrogen) atoms. The highest BCUT2D eigenvalue weighted by molar-refractivity contribution is 5.97. The summed E-state index contributed by atoms with van der Waals surface area (Å²) in [6, 6.07) is 12.7. The molecule has 1 atom stereocenters. The summed E-state index contributed by atoms with van der Waals surface area (Å²) in [6.45, 7) is 1.65. The Balaban J connectivity index is 1.62. The zero-order chi connectivity index (χ0) is 20.5. The summed E-state index contributed by atoms with van der Waals surface area (Å²) < 4.78 is 2.47. The maximum absolute atomic E-state index is 12.9. The van der Waals surface area contributed by atoms with Crippen molar-refractivity contribution in [3.8, 4) is 11.3 Å². The first kappa shape index (κ1) is 18.8. The molecule has 8 heteroatoms. The molecule has 0 bridgehead atoms. The molecule has 1 aromatic carbocycles. The van der Waals surface area contributed by atoms with E-state index in [1.807, 2.05) is 12.1 Å². The van der Waals surface area contributed by atoms with Crippen molar-refractivity contribution >= 4 is 11.6 Å². The van der Waals surface area contributed by atoms with Crippen LogP contribution in [0, 0.1) is 0 Å². The lowest BCUT2D eigenvalue weighted by molar-refractivity contribution is -0.119. The third-order valence-corrected chi connectivity index (χ3v) is 5.01. The zero-order valence-electron chi connectivity index (χ0n) is 16.2. The first-order chi connectivity index (χ1) is 13.9. The van der Waals surface area contributed by atoms with Gasteiger partial charge in [0.1, 0.15) is 6.04 Å². The summed E-state index contributed by atoms with van der Waals surface area (Å²) in [7, 11) is 1.57. The third kappa shape index (κ3) is 3.87. The van der Waals surface area contributed by atoms with E-state index in [-0.39, 0.29) is 17.0 Å². The minimum atomic E-state index is -0.776. The van der Waals surface area contributed by atoms with Gasteiger partial charge >= 0.3 is 0 Å². The van der Waals surface area contributed by atoms with Crippen LogP contribution in [0.1, 0.15) is 37.4 Å². The lowest BCUT2D eigenvalue weighted by atomic mass is 10.1. The molecule has 1 saturated carbocycles. The monoisotopic (exact) mass is 391 g/mol. The highest BCUT2D eigenvalue weighted by Gasteiger charge is 2.27. The molecule has 1 fully saturated rings. The van der Waals surface area contributed by atoms with Crippen molar-refractivity contribution in [1.29, 1.82) is 0 Å². The summed E-state index contributed by atoms with van der Waals surface area (Å²) in [5.41, 5.74) is 2.09. The van der Waals surface area contributed by atoms with Gasteiger partial charge in [0.05, 0.1) is 17.1 Å². The Bertz CT molecular complexity index is 1190. The molecule has 2 aromatic heterocycles. The lowest BCUT2D eigenvalue weighted by Crippen LogP contribution is -2.33. The van der Waals surface area contributed by atoms with Gasteiger partial charge in [0, 0.05) is 30.7 Å². The second kappa shape index (κ2) is 7.46. The normalized spacial score (nSPS) is 14.4. The van der Waals surface area contributed by atoms with Crippen LogP contribution in [0.4, 0.5) is 5.69 Å². The predicted molar refractivity (Wildman–Crippen MR) is 109 cm³/mol. The molecular formula is C21H21N5O3. The molecule has 1 aliphatic carbocycles. The number of hydrogen-bond donors (Lipinski definition) is 1. The van der Waals surface area contributed by atoms with E-state index < -0.39 is 6.04 Å². The Labute approximate surface area is 166 Å². The van der Waals surface area contributed by atoms with Crippen molar-refractivity contribution in [3.05, 3.63) is 74.9 Å². The Kier molecular flexibility index (Phi) is 4.84. The van der Waals surface area contributed by atoms with Crippen LogP contribution in [0.2, 0.25) is 0 Å². The summed E-state index contributed by atoms with van der Waals surface area (Å²) in [6.07, 6.45) is 2.12. The van der Waals surface area contributed by atoms with Gasteiger partial charge < -0.3 is 5.32 Å². The van der Waals surface area contributed by atoms with Crippen LogP contribution in [-0.4, -0.2) is 25.5 Å². The Hall–Kier alpha value is -3.55. The number of amides is 1. The molecule has 2 heterocycles. The number of aryl methyl sites for hydroxylation is 1. The fourth-order valence-corrected chi connectivity index (χ4v) is 3.12. The average molecular weight is 391 g/mol. The van der Waals surface area contributed by atoms with E-state index >= 15 is 0 Å². The van der Waals surface area contributed by atoms with Gasteiger partial charge in [-0.15, -0.1) is 0 Å². The summed E-state index contributed by atoms with van der Waals surface area (Å²) in [5.74, 6) is 0.0263. The van der Waals surface area contributed by atoms with Crippen LogP contribution in [-0.2, 0) is 11.8 Å². The fraction of sp³-hybridized carbons (Fsp3) is 0.286. The van der Waals surface area contributed by atoms with E-state index in [1.54, 1.807) is 38.2 Å². The molecule has 8 nitrogen and oxygen atoms in total. The third-order valence-electron chi connectivity index (χ3n) is 5.01. The van der Waals surface area contributed by atoms with Crippen LogP contribution in [0.25, 0.3) is 11.3 Å². The molecule has 0 unspecified atom stereocenters. The molecular weight excluding hydrogens is 370 g/mol. The highest BCUT2D eigenvalue weighted by atomic mass is 16.2. The number of nitrogens with zero attached hydrogens (tertiary/aromatic N) is 4. The molecule has 0 saturated heterocycles. The average Bonchev–Trinajstić information content (AvgIpc) is 3.56. The van der Waals surface area contributed by atoms with E-state index in [2.05, 4.69) is 15.5 Å². The van der Waals surface area contributed by atoms with Crippen LogP contribution in [0.3, 0.4) is 0 Å². The lowest BCUT2D eigenvalue weighted by Gasteiger charge is -2.16. The van der Waals surface area contributed by atoms with Gasteiger partial charge in [-0.1, -0.05) is 18.2 Å². The van der Waals surface area contributed by atoms with Crippen molar-refractivity contribution in [3.63, 3.8) is 0 Å². The van der Waals surface area contributed by atoms with Crippen molar-refractivity contribution in [2.45, 2.75) is 31.7 Å². The largest absolute Gasteiger partial charge is 0.324 e. The molecule has 0 spiro atoms. The van der Waals surface area contributed by atoms with Gasteiger partial charge in [-0.25, -0.2) is 9.36 Å². The number of rotatable bonds is 5. The molecule has 0 radical (unpaired) electrons. The number of carbonyl (C=O) groups is 1. The first-order valence-electron chi connectivity index (χ1n) is 9.48. The number of anilines is 1. The minimum Gasteiger partial charge on any atom is -0.324 e. The topological polar surface area (TPSA) is 98.9 Å². The van der Waals surface area contributed by atoms with Crippen molar-refractivity contribution in [1.82, 2.24) is 19.6 Å². The van der Waals surface area contributed by atoms with Crippen molar-refractivity contribution in [2.75, 3.05) is 5.32 Å². The van der Waals surface area contributed by atoms with E-state index in [4.69, 9.17) is 0 Å². The molecule has 148 valence electrons. The smallest absolute Gasteiger partial charge is 0.267 e. The van der Waals surface area contributed by atoms with Gasteiger partial charge in [-0.05, 0) is 38.0 Å². The van der Waals surface area contributed by atoms with Crippen LogP contribution >= 0.6 is 0 Å². The molecule has 3 aromatic rings. The number of carbonyl (C=O) groups excluding carboxylic acids is 1. The highest BCUT2D eigenvalue weighted by Crippen LogP contribution is 2.38. The van der Waals surface area contributed by atoms with Gasteiger partial charge in [-0.2, -0.15) is 10.2 Å². The number of hydrogen-bond acceptors (Lipinski definition) is 5. The zero-order valence-corrected chi connectivity index (χ0v) is 16.2. The number of benzene rings is 1. The maximum Gasteiger partial charge on any atom is 0.267 e. The molecule has 1 aliphatic rings. The van der Waals surface area contributed by atoms with Gasteiger partial charge in [0.15, 0.2) is 0 Å². The Morgan fingerprint density at radius 1 is 1.03 bits per heavy atom. The number of para-hydroxylation sites is 1. The standard InChI is InChI=1S/C21H21N5O3/c1-13(26-20(28)12-9-16(24-26)14-7-8-14)21(29)22-17-6-4-3-5-15(17)18-10-11-19(27)25(2)23-18/h3-6,9-14H,7-8H2,1-2H3,(H,22,29)/t13-/m1/s1. The molecule has 1 N–H and O–H groups in total.